The number of benzene rings is 1. The molecule has 30 heavy (non-hydrogen) atoms. The first kappa shape index (κ1) is 26.9. The van der Waals surface area contributed by atoms with Crippen molar-refractivity contribution in [2.24, 2.45) is 0 Å². The number of carbonyl (C=O) groups excluding carboxylic acids is 3. The van der Waals surface area contributed by atoms with Gasteiger partial charge in [-0.05, 0) is 47.8 Å². The van der Waals surface area contributed by atoms with Gasteiger partial charge in [0.25, 0.3) is 17.7 Å². The summed E-state index contributed by atoms with van der Waals surface area (Å²) in [5.41, 5.74) is -0.783. The van der Waals surface area contributed by atoms with Gasteiger partial charge in [0.1, 0.15) is 0 Å². The average Bonchev–Trinajstić information content (AvgIpc) is 2.62. The molecule has 3 amide bonds. The first-order valence-corrected chi connectivity index (χ1v) is 10.4. The quantitative estimate of drug-likeness (QED) is 0.140. The lowest BCUT2D eigenvalue weighted by Gasteiger charge is -2.19. The van der Waals surface area contributed by atoms with E-state index in [0.29, 0.717) is 0 Å². The van der Waals surface area contributed by atoms with Gasteiger partial charge in [-0.25, -0.2) is 0 Å². The fourth-order valence-corrected chi connectivity index (χ4v) is 5.15. The molecule has 0 aliphatic carbocycles. The number of halogens is 3. The summed E-state index contributed by atoms with van der Waals surface area (Å²) >= 11 is 9.30. The number of hydrogen-bond donors (Lipinski definition) is 9. The largest absolute Gasteiger partial charge is 0.367 e. The van der Waals surface area contributed by atoms with E-state index in [0.717, 1.165) is 0 Å². The lowest BCUT2D eigenvalue weighted by molar-refractivity contribution is -0.0365. The number of rotatable bonds is 9. The number of aliphatic hydroxyl groups excluding tert-OH is 3. The van der Waals surface area contributed by atoms with E-state index in [2.05, 4.69) is 63.7 Å². The van der Waals surface area contributed by atoms with Crippen molar-refractivity contribution in [3.8, 4) is 0 Å². The van der Waals surface area contributed by atoms with E-state index < -0.39 is 56.2 Å². The Kier molecular flexibility index (Phi) is 10.8. The Bertz CT molecular complexity index is 692. The van der Waals surface area contributed by atoms with Crippen molar-refractivity contribution >= 4 is 65.5 Å². The van der Waals surface area contributed by atoms with Gasteiger partial charge in [-0.2, -0.15) is 0 Å². The van der Waals surface area contributed by atoms with Gasteiger partial charge in [0, 0.05) is 13.4 Å². The summed E-state index contributed by atoms with van der Waals surface area (Å²) in [4.78, 5) is 37.7. The van der Waals surface area contributed by atoms with Crippen molar-refractivity contribution in [1.82, 2.24) is 16.0 Å². The van der Waals surface area contributed by atoms with Gasteiger partial charge in [0.15, 0.2) is 18.9 Å². The molecule has 0 spiro atoms. The van der Waals surface area contributed by atoms with Gasteiger partial charge in [0.2, 0.25) is 0 Å². The highest BCUT2D eigenvalue weighted by molar-refractivity contribution is 9.11. The summed E-state index contributed by atoms with van der Waals surface area (Å²) in [5.74, 6) is -2.66. The number of hydrogen-bond acceptors (Lipinski definition) is 9. The van der Waals surface area contributed by atoms with Crippen molar-refractivity contribution in [3.05, 3.63) is 30.1 Å². The standard InChI is InChI=1S/C15H18Br3N3O9/c16-10-7(13(28)19-1-4(22)23)11(17)9(15(30)21-3-6(26)27)12(18)8(10)14(29)20-2-5(24)25/h4-6,22-27H,1-3H2,(H,19,28)(H,20,29)(H,21,30). The van der Waals surface area contributed by atoms with E-state index in [-0.39, 0.29) is 30.1 Å². The van der Waals surface area contributed by atoms with Crippen molar-refractivity contribution in [2.45, 2.75) is 18.9 Å². The van der Waals surface area contributed by atoms with Gasteiger partial charge in [0.05, 0.1) is 36.3 Å². The summed E-state index contributed by atoms with van der Waals surface area (Å²) in [6, 6.07) is 0. The van der Waals surface area contributed by atoms with Crippen LogP contribution in [0.1, 0.15) is 31.1 Å². The molecular formula is C15H18Br3N3O9. The average molecular weight is 624 g/mol. The van der Waals surface area contributed by atoms with Crippen LogP contribution < -0.4 is 16.0 Å². The van der Waals surface area contributed by atoms with Crippen LogP contribution >= 0.6 is 47.8 Å². The maximum Gasteiger partial charge on any atom is 0.253 e. The first-order valence-electron chi connectivity index (χ1n) is 8.01. The molecular weight excluding hydrogens is 606 g/mol. The molecule has 0 aliphatic rings. The fraction of sp³-hybridized carbons (Fsp3) is 0.400. The van der Waals surface area contributed by atoms with E-state index in [1.807, 2.05) is 0 Å². The summed E-state index contributed by atoms with van der Waals surface area (Å²) in [7, 11) is 0. The third-order valence-electron chi connectivity index (χ3n) is 3.33. The van der Waals surface area contributed by atoms with Crippen LogP contribution in [0.5, 0.6) is 0 Å². The fourth-order valence-electron chi connectivity index (χ4n) is 2.08. The molecule has 0 bridgehead atoms. The topological polar surface area (TPSA) is 209 Å². The molecule has 0 aliphatic heterocycles. The maximum absolute atomic E-state index is 12.6. The smallest absolute Gasteiger partial charge is 0.253 e. The van der Waals surface area contributed by atoms with Crippen LogP contribution in [0.2, 0.25) is 0 Å². The van der Waals surface area contributed by atoms with Crippen LogP contribution in [0.3, 0.4) is 0 Å². The molecule has 12 nitrogen and oxygen atoms in total. The van der Waals surface area contributed by atoms with Crippen LogP contribution in [-0.4, -0.2) is 86.9 Å². The summed E-state index contributed by atoms with van der Waals surface area (Å²) in [6.45, 7) is -1.65. The number of aliphatic hydroxyl groups is 6. The summed E-state index contributed by atoms with van der Waals surface area (Å²) in [6.07, 6.45) is -5.57. The molecule has 1 aromatic rings. The minimum Gasteiger partial charge on any atom is -0.367 e. The highest BCUT2D eigenvalue weighted by Gasteiger charge is 2.30. The Labute approximate surface area is 194 Å². The van der Waals surface area contributed by atoms with E-state index in [9.17, 15) is 14.4 Å². The van der Waals surface area contributed by atoms with E-state index in [1.54, 1.807) is 0 Å². The Morgan fingerprint density at radius 1 is 0.567 bits per heavy atom. The van der Waals surface area contributed by atoms with E-state index >= 15 is 0 Å². The van der Waals surface area contributed by atoms with Gasteiger partial charge in [-0.15, -0.1) is 0 Å². The van der Waals surface area contributed by atoms with Crippen molar-refractivity contribution in [2.75, 3.05) is 19.6 Å². The third kappa shape index (κ3) is 7.21. The van der Waals surface area contributed by atoms with Gasteiger partial charge in [-0.1, -0.05) is 0 Å². The molecule has 0 heterocycles. The molecule has 0 radical (unpaired) electrons. The number of amides is 3. The van der Waals surface area contributed by atoms with Crippen LogP contribution in [0.25, 0.3) is 0 Å². The third-order valence-corrected chi connectivity index (χ3v) is 5.71. The molecule has 0 saturated heterocycles. The van der Waals surface area contributed by atoms with Gasteiger partial charge < -0.3 is 46.6 Å². The van der Waals surface area contributed by atoms with Crippen LogP contribution in [0.4, 0.5) is 0 Å². The second-order valence-electron chi connectivity index (χ2n) is 5.64. The molecule has 0 unspecified atom stereocenters. The molecule has 1 aromatic carbocycles. The monoisotopic (exact) mass is 621 g/mol. The maximum atomic E-state index is 12.6. The predicted molar refractivity (Wildman–Crippen MR) is 111 cm³/mol. The molecule has 168 valence electrons. The van der Waals surface area contributed by atoms with Gasteiger partial charge >= 0.3 is 0 Å². The second-order valence-corrected chi connectivity index (χ2v) is 8.02. The zero-order valence-corrected chi connectivity index (χ0v) is 19.7. The molecule has 0 saturated carbocycles. The van der Waals surface area contributed by atoms with Crippen LogP contribution in [0.15, 0.2) is 13.4 Å². The van der Waals surface area contributed by atoms with Crippen molar-refractivity contribution in [3.63, 3.8) is 0 Å². The Morgan fingerprint density at radius 2 is 0.767 bits per heavy atom. The van der Waals surface area contributed by atoms with E-state index in [4.69, 9.17) is 30.6 Å². The second kappa shape index (κ2) is 12.0. The van der Waals surface area contributed by atoms with Gasteiger partial charge in [-0.3, -0.25) is 14.4 Å². The van der Waals surface area contributed by atoms with Crippen molar-refractivity contribution < 1.29 is 45.0 Å². The lowest BCUT2D eigenvalue weighted by atomic mass is 10.0. The molecule has 9 N–H and O–H groups in total. The highest BCUT2D eigenvalue weighted by atomic mass is 79.9. The molecule has 0 atom stereocenters. The van der Waals surface area contributed by atoms with E-state index in [1.165, 1.54) is 0 Å². The first-order chi connectivity index (χ1) is 13.9. The van der Waals surface area contributed by atoms with Crippen molar-refractivity contribution in [1.29, 1.82) is 0 Å². The zero-order valence-electron chi connectivity index (χ0n) is 14.9. The number of carbonyl (C=O) groups is 3. The molecule has 1 rings (SSSR count). The molecule has 0 fully saturated rings. The van der Waals surface area contributed by atoms with Crippen LogP contribution in [0, 0.1) is 0 Å². The minimum atomic E-state index is -1.86. The molecule has 0 aromatic heterocycles. The van der Waals surface area contributed by atoms with Crippen LogP contribution in [-0.2, 0) is 0 Å². The minimum absolute atomic E-state index is 0.102. The normalized spacial score (nSPS) is 11.2. The zero-order chi connectivity index (χ0) is 23.2. The summed E-state index contributed by atoms with van der Waals surface area (Å²) < 4.78 is -0.306. The highest BCUT2D eigenvalue weighted by Crippen LogP contribution is 2.39. The lowest BCUT2D eigenvalue weighted by Crippen LogP contribution is -2.36. The summed E-state index contributed by atoms with van der Waals surface area (Å²) in [5, 5.41) is 60.3. The Hall–Kier alpha value is -1.17. The Morgan fingerprint density at radius 3 is 0.933 bits per heavy atom. The SMILES string of the molecule is O=C(NCC(O)O)c1c(Br)c(C(=O)NCC(O)O)c(Br)c(C(=O)NCC(O)O)c1Br. The molecule has 15 heteroatoms. The Balaban J connectivity index is 3.57. The predicted octanol–water partition coefficient (Wildman–Crippen LogP) is -1.90. The number of nitrogens with one attached hydrogen (secondary N) is 3.